The Kier molecular flexibility index (Phi) is 11.0. The Hall–Kier alpha value is -5.52. The SMILES string of the molecule is CCN(CC)c1ccc2c(-c3ccccc3C(=O)N3CCN(C(=O)CCC(=O)ON4C(=O)CCC4=O)CC3)c3ccc(=[N+](CC)CC)cc-3oc2c1. The first kappa shape index (κ1) is 36.3. The zero-order chi connectivity index (χ0) is 36.9. The Balaban J connectivity index is 1.26. The first-order valence-corrected chi connectivity index (χ1v) is 18.2. The maximum Gasteiger partial charge on any atom is 0.333 e. The number of hydroxylamine groups is 2. The fourth-order valence-corrected chi connectivity index (χ4v) is 7.12. The number of carbonyl (C=O) groups is 5. The second-order valence-electron chi connectivity index (χ2n) is 12.9. The standard InChI is InChI=1S/C40H46N5O7/c1-5-41(6-2)27-13-15-31-33(25-27)51-34-26-28(42(7-3)8-4)14-16-32(34)39(31)29-11-9-10-12-30(29)40(50)44-23-21-43(22-24-44)35(46)19-20-38(49)52-45-36(47)17-18-37(45)48/h9-16,25-26H,5-8,17-24H2,1-4H3/q+1. The molecule has 4 amide bonds. The highest BCUT2D eigenvalue weighted by Crippen LogP contribution is 2.42. The van der Waals surface area contributed by atoms with E-state index in [2.05, 4.69) is 73.6 Å². The third-order valence-corrected chi connectivity index (χ3v) is 10.0. The van der Waals surface area contributed by atoms with Gasteiger partial charge in [0.25, 0.3) is 17.7 Å². The summed E-state index contributed by atoms with van der Waals surface area (Å²) < 4.78 is 8.92. The summed E-state index contributed by atoms with van der Waals surface area (Å²) in [7, 11) is 0. The molecule has 12 nitrogen and oxygen atoms in total. The molecule has 4 aliphatic rings. The van der Waals surface area contributed by atoms with Gasteiger partial charge in [-0.2, -0.15) is 0 Å². The van der Waals surface area contributed by atoms with Crippen LogP contribution in [-0.4, -0.2) is 96.8 Å². The molecule has 1 aliphatic carbocycles. The normalized spacial score (nSPS) is 14.7. The number of rotatable bonds is 11. The van der Waals surface area contributed by atoms with E-state index in [-0.39, 0.29) is 37.5 Å². The number of hydrogen-bond acceptors (Lipinski definition) is 8. The van der Waals surface area contributed by atoms with E-state index in [1.807, 2.05) is 24.3 Å². The lowest BCUT2D eigenvalue weighted by Gasteiger charge is -2.35. The minimum atomic E-state index is -0.815. The zero-order valence-corrected chi connectivity index (χ0v) is 30.4. The number of fused-ring (bicyclic) bond motifs is 2. The molecule has 2 saturated heterocycles. The number of carbonyl (C=O) groups excluding carboxylic acids is 5. The average molecular weight is 709 g/mol. The fourth-order valence-electron chi connectivity index (χ4n) is 7.12. The average Bonchev–Trinajstić information content (AvgIpc) is 3.48. The van der Waals surface area contributed by atoms with E-state index >= 15 is 0 Å². The number of piperazine rings is 1. The molecule has 0 saturated carbocycles. The van der Waals surface area contributed by atoms with Crippen LogP contribution in [0.25, 0.3) is 33.4 Å². The van der Waals surface area contributed by atoms with E-state index in [0.717, 1.165) is 70.6 Å². The number of benzene rings is 3. The first-order chi connectivity index (χ1) is 25.2. The van der Waals surface area contributed by atoms with Crippen LogP contribution >= 0.6 is 0 Å². The van der Waals surface area contributed by atoms with Crippen molar-refractivity contribution in [3.63, 3.8) is 0 Å². The number of amides is 4. The summed E-state index contributed by atoms with van der Waals surface area (Å²) in [6, 6.07) is 20.2. The minimum absolute atomic E-state index is 0.00242. The van der Waals surface area contributed by atoms with Crippen molar-refractivity contribution < 1.29 is 33.2 Å². The van der Waals surface area contributed by atoms with Crippen LogP contribution in [0.1, 0.15) is 63.7 Å². The Morgan fingerprint density at radius 1 is 0.788 bits per heavy atom. The highest BCUT2D eigenvalue weighted by Gasteiger charge is 2.33. The van der Waals surface area contributed by atoms with Crippen LogP contribution in [0.15, 0.2) is 65.1 Å². The molecule has 3 aliphatic heterocycles. The number of imide groups is 1. The van der Waals surface area contributed by atoms with Crippen molar-refractivity contribution in [1.82, 2.24) is 19.4 Å². The largest absolute Gasteiger partial charge is 0.456 e. The van der Waals surface area contributed by atoms with Crippen LogP contribution in [-0.2, 0) is 24.0 Å². The topological polar surface area (TPSA) is 124 Å². The van der Waals surface area contributed by atoms with Crippen molar-refractivity contribution in [2.45, 2.75) is 53.4 Å². The molecule has 2 aromatic rings. The summed E-state index contributed by atoms with van der Waals surface area (Å²) >= 11 is 0. The lowest BCUT2D eigenvalue weighted by molar-refractivity contribution is -0.197. The Morgan fingerprint density at radius 3 is 2.13 bits per heavy atom. The molecule has 0 radical (unpaired) electrons. The molecule has 0 spiro atoms. The smallest absolute Gasteiger partial charge is 0.333 e. The highest BCUT2D eigenvalue weighted by molar-refractivity contribution is 6.09. The van der Waals surface area contributed by atoms with Crippen LogP contribution < -0.4 is 14.8 Å². The van der Waals surface area contributed by atoms with Gasteiger partial charge in [-0.3, -0.25) is 19.2 Å². The molecule has 52 heavy (non-hydrogen) atoms. The maximum absolute atomic E-state index is 14.3. The second-order valence-corrected chi connectivity index (χ2v) is 12.9. The van der Waals surface area contributed by atoms with Crippen LogP contribution in [0.2, 0.25) is 0 Å². The summed E-state index contributed by atoms with van der Waals surface area (Å²) in [5, 5.41) is 2.46. The molecule has 2 fully saturated rings. The molecule has 0 N–H and O–H groups in total. The lowest BCUT2D eigenvalue weighted by Crippen LogP contribution is -2.50. The molecule has 2 aromatic carbocycles. The summed E-state index contributed by atoms with van der Waals surface area (Å²) in [5.74, 6) is -1.60. The summed E-state index contributed by atoms with van der Waals surface area (Å²) in [6.07, 6.45) is -0.386. The van der Waals surface area contributed by atoms with Crippen molar-refractivity contribution >= 4 is 46.3 Å². The predicted molar refractivity (Wildman–Crippen MR) is 197 cm³/mol. The maximum atomic E-state index is 14.3. The van der Waals surface area contributed by atoms with E-state index in [1.165, 1.54) is 0 Å². The summed E-state index contributed by atoms with van der Waals surface area (Å²) in [6.45, 7) is 13.2. The molecular formula is C40H46N5O7+. The van der Waals surface area contributed by atoms with E-state index in [0.29, 0.717) is 36.8 Å². The molecule has 0 atom stereocenters. The van der Waals surface area contributed by atoms with E-state index in [9.17, 15) is 24.0 Å². The van der Waals surface area contributed by atoms with Crippen molar-refractivity contribution in [2.24, 2.45) is 0 Å². The van der Waals surface area contributed by atoms with Crippen molar-refractivity contribution in [3.8, 4) is 22.5 Å². The third-order valence-electron chi connectivity index (χ3n) is 10.0. The molecule has 0 aromatic heterocycles. The molecule has 3 heterocycles. The van der Waals surface area contributed by atoms with Crippen LogP contribution in [0.4, 0.5) is 5.69 Å². The second kappa shape index (κ2) is 15.8. The first-order valence-electron chi connectivity index (χ1n) is 18.2. The molecule has 0 unspecified atom stereocenters. The summed E-state index contributed by atoms with van der Waals surface area (Å²) in [5.41, 5.74) is 5.00. The van der Waals surface area contributed by atoms with Gasteiger partial charge in [-0.25, -0.2) is 9.37 Å². The third kappa shape index (κ3) is 7.28. The number of nitrogens with zero attached hydrogens (tertiary/aromatic N) is 5. The molecule has 12 heteroatoms. The molecule has 0 bridgehead atoms. The Morgan fingerprint density at radius 2 is 1.46 bits per heavy atom. The quantitative estimate of drug-likeness (QED) is 0.127. The van der Waals surface area contributed by atoms with Gasteiger partial charge in [-0.05, 0) is 57.5 Å². The molecule has 272 valence electrons. The van der Waals surface area contributed by atoms with Crippen molar-refractivity contribution in [1.29, 1.82) is 0 Å². The van der Waals surface area contributed by atoms with Gasteiger partial charge in [0.05, 0.1) is 12.5 Å². The van der Waals surface area contributed by atoms with Crippen molar-refractivity contribution in [2.75, 3.05) is 57.3 Å². The van der Waals surface area contributed by atoms with Gasteiger partial charge in [0, 0.05) is 98.4 Å². The Bertz CT molecular complexity index is 2040. The summed E-state index contributed by atoms with van der Waals surface area (Å²) in [4.78, 5) is 73.5. The fraction of sp³-hybridized carbons (Fsp3) is 0.400. The highest BCUT2D eigenvalue weighted by atomic mass is 16.7. The van der Waals surface area contributed by atoms with E-state index in [4.69, 9.17) is 9.25 Å². The predicted octanol–water partition coefficient (Wildman–Crippen LogP) is 4.53. The Labute approximate surface area is 303 Å². The van der Waals surface area contributed by atoms with Gasteiger partial charge in [0.2, 0.25) is 11.3 Å². The van der Waals surface area contributed by atoms with Gasteiger partial charge >= 0.3 is 5.97 Å². The van der Waals surface area contributed by atoms with Crippen LogP contribution in [0.3, 0.4) is 0 Å². The van der Waals surface area contributed by atoms with Gasteiger partial charge in [-0.15, -0.1) is 5.06 Å². The van der Waals surface area contributed by atoms with Gasteiger partial charge in [0.15, 0.2) is 0 Å². The number of anilines is 1. The number of hydrogen-bond donors (Lipinski definition) is 0. The van der Waals surface area contributed by atoms with Gasteiger partial charge in [-0.1, -0.05) is 18.2 Å². The lowest BCUT2D eigenvalue weighted by atomic mass is 9.90. The van der Waals surface area contributed by atoms with E-state index < -0.39 is 17.8 Å². The van der Waals surface area contributed by atoms with E-state index in [1.54, 1.807) is 9.80 Å². The van der Waals surface area contributed by atoms with Crippen molar-refractivity contribution in [3.05, 3.63) is 71.6 Å². The van der Waals surface area contributed by atoms with Crippen LogP contribution in [0, 0.1) is 0 Å². The monoisotopic (exact) mass is 708 g/mol. The minimum Gasteiger partial charge on any atom is -0.456 e. The van der Waals surface area contributed by atoms with Gasteiger partial charge in [0.1, 0.15) is 24.4 Å². The molecular weight excluding hydrogens is 662 g/mol. The van der Waals surface area contributed by atoms with Crippen LogP contribution in [0.5, 0.6) is 0 Å². The zero-order valence-electron chi connectivity index (χ0n) is 30.4. The van der Waals surface area contributed by atoms with Gasteiger partial charge < -0.3 is 24.0 Å². The molecule has 6 rings (SSSR count).